The van der Waals surface area contributed by atoms with Gasteiger partial charge in [-0.2, -0.15) is 0 Å². The van der Waals surface area contributed by atoms with Crippen molar-refractivity contribution in [1.82, 2.24) is 0 Å². The summed E-state index contributed by atoms with van der Waals surface area (Å²) in [6.07, 6.45) is 0. The number of hydrogen-bond acceptors (Lipinski definition) is 7. The van der Waals surface area contributed by atoms with Crippen LogP contribution in [0.2, 0.25) is 0 Å². The van der Waals surface area contributed by atoms with E-state index in [-0.39, 0.29) is 10.2 Å². The molecule has 0 fully saturated rings. The van der Waals surface area contributed by atoms with Gasteiger partial charge in [-0.1, -0.05) is 52.9 Å². The molecular formula is C13H15NO4S2. The number of ether oxygens (including phenoxy) is 1. The standard InChI is InChI=1S/C13H15NO4S2/c1-9(15)19-7-10-3-5-11(6-4-10)8-20-12(14-17)13(16)18-2/h3-6,17H,7-8H2,1-2H3/b14-12-. The monoisotopic (exact) mass is 313 g/mol. The molecule has 0 aliphatic heterocycles. The number of hydrogen-bond donors (Lipinski definition) is 1. The van der Waals surface area contributed by atoms with Crippen molar-refractivity contribution >= 4 is 39.7 Å². The van der Waals surface area contributed by atoms with E-state index < -0.39 is 5.97 Å². The molecule has 0 saturated heterocycles. The van der Waals surface area contributed by atoms with Crippen molar-refractivity contribution in [1.29, 1.82) is 0 Å². The Kier molecular flexibility index (Phi) is 7.17. The van der Waals surface area contributed by atoms with Gasteiger partial charge in [0.25, 0.3) is 0 Å². The molecule has 0 aliphatic carbocycles. The van der Waals surface area contributed by atoms with Gasteiger partial charge in [0.2, 0.25) is 5.04 Å². The summed E-state index contributed by atoms with van der Waals surface area (Å²) < 4.78 is 4.48. The third kappa shape index (κ3) is 5.66. The van der Waals surface area contributed by atoms with Gasteiger partial charge in [-0.15, -0.1) is 0 Å². The van der Waals surface area contributed by atoms with Gasteiger partial charge in [0, 0.05) is 18.4 Å². The van der Waals surface area contributed by atoms with Crippen LogP contribution in [-0.2, 0) is 25.8 Å². The highest BCUT2D eigenvalue weighted by Gasteiger charge is 2.13. The van der Waals surface area contributed by atoms with E-state index in [9.17, 15) is 9.59 Å². The number of thioether (sulfide) groups is 2. The SMILES string of the molecule is COC(=O)/C(=N/O)SCc1ccc(CSC(C)=O)cc1. The first-order valence-electron chi connectivity index (χ1n) is 5.71. The Bertz CT molecular complexity index is 500. The van der Waals surface area contributed by atoms with Crippen molar-refractivity contribution in [3.63, 3.8) is 0 Å². The molecule has 7 heteroatoms. The molecule has 0 radical (unpaired) electrons. The normalized spacial score (nSPS) is 11.2. The number of oxime groups is 1. The van der Waals surface area contributed by atoms with Crippen molar-refractivity contribution in [3.05, 3.63) is 35.4 Å². The fourth-order valence-corrected chi connectivity index (χ4v) is 2.60. The molecule has 0 heterocycles. The van der Waals surface area contributed by atoms with E-state index in [2.05, 4.69) is 9.89 Å². The van der Waals surface area contributed by atoms with E-state index in [1.807, 2.05) is 24.3 Å². The zero-order valence-corrected chi connectivity index (χ0v) is 12.8. The quantitative estimate of drug-likeness (QED) is 0.303. The van der Waals surface area contributed by atoms with Crippen molar-refractivity contribution < 1.29 is 19.5 Å². The third-order valence-corrected chi connectivity index (χ3v) is 4.18. The summed E-state index contributed by atoms with van der Waals surface area (Å²) >= 11 is 2.36. The predicted molar refractivity (Wildman–Crippen MR) is 81.0 cm³/mol. The number of benzene rings is 1. The molecule has 1 aromatic rings. The number of nitrogens with zero attached hydrogens (tertiary/aromatic N) is 1. The number of carbonyl (C=O) groups excluding carboxylic acids is 2. The molecule has 0 unspecified atom stereocenters. The summed E-state index contributed by atoms with van der Waals surface area (Å²) in [6, 6.07) is 7.68. The average Bonchev–Trinajstić information content (AvgIpc) is 2.46. The highest BCUT2D eigenvalue weighted by Crippen LogP contribution is 2.18. The molecule has 0 aromatic heterocycles. The first kappa shape index (κ1) is 16.6. The molecule has 0 aliphatic rings. The van der Waals surface area contributed by atoms with Crippen LogP contribution in [0.5, 0.6) is 0 Å². The van der Waals surface area contributed by atoms with Gasteiger partial charge >= 0.3 is 5.97 Å². The second kappa shape index (κ2) is 8.65. The Morgan fingerprint density at radius 2 is 1.65 bits per heavy atom. The summed E-state index contributed by atoms with van der Waals surface area (Å²) in [6.45, 7) is 1.54. The Morgan fingerprint density at radius 1 is 1.15 bits per heavy atom. The number of esters is 1. The zero-order valence-electron chi connectivity index (χ0n) is 11.2. The molecule has 20 heavy (non-hydrogen) atoms. The van der Waals surface area contributed by atoms with Crippen molar-refractivity contribution in [2.45, 2.75) is 18.4 Å². The topological polar surface area (TPSA) is 76.0 Å². The van der Waals surface area contributed by atoms with E-state index in [0.717, 1.165) is 22.9 Å². The second-order valence-electron chi connectivity index (χ2n) is 3.78. The van der Waals surface area contributed by atoms with Gasteiger partial charge in [-0.25, -0.2) is 4.79 Å². The number of rotatable bonds is 4. The lowest BCUT2D eigenvalue weighted by molar-refractivity contribution is -0.132. The molecule has 108 valence electrons. The van der Waals surface area contributed by atoms with E-state index in [0.29, 0.717) is 11.5 Å². The zero-order chi connectivity index (χ0) is 15.0. The minimum absolute atomic E-state index is 0.0799. The maximum absolute atomic E-state index is 11.2. The van der Waals surface area contributed by atoms with Crippen LogP contribution < -0.4 is 0 Å². The van der Waals surface area contributed by atoms with Crippen molar-refractivity contribution in [2.24, 2.45) is 5.16 Å². The summed E-state index contributed by atoms with van der Waals surface area (Å²) in [5.41, 5.74) is 2.04. The molecule has 0 amide bonds. The van der Waals surface area contributed by atoms with Crippen LogP contribution in [0.3, 0.4) is 0 Å². The molecule has 1 rings (SSSR count). The van der Waals surface area contributed by atoms with Gasteiger partial charge in [0.1, 0.15) is 0 Å². The van der Waals surface area contributed by atoms with Crippen LogP contribution in [-0.4, -0.2) is 28.4 Å². The first-order chi connectivity index (χ1) is 9.56. The van der Waals surface area contributed by atoms with Crippen LogP contribution >= 0.6 is 23.5 Å². The molecule has 5 nitrogen and oxygen atoms in total. The smallest absolute Gasteiger partial charge is 0.366 e. The molecule has 0 spiro atoms. The fraction of sp³-hybridized carbons (Fsp3) is 0.308. The lowest BCUT2D eigenvalue weighted by Crippen LogP contribution is -2.12. The van der Waals surface area contributed by atoms with E-state index in [4.69, 9.17) is 5.21 Å². The van der Waals surface area contributed by atoms with Crippen LogP contribution in [0.1, 0.15) is 18.1 Å². The van der Waals surface area contributed by atoms with Gasteiger partial charge in [-0.05, 0) is 11.1 Å². The van der Waals surface area contributed by atoms with E-state index >= 15 is 0 Å². The van der Waals surface area contributed by atoms with E-state index in [1.165, 1.54) is 25.8 Å². The number of methoxy groups -OCH3 is 1. The molecule has 1 aromatic carbocycles. The maximum atomic E-state index is 11.2. The fourth-order valence-electron chi connectivity index (χ4n) is 1.28. The Hall–Kier alpha value is -1.47. The Morgan fingerprint density at radius 3 is 2.05 bits per heavy atom. The van der Waals surface area contributed by atoms with E-state index in [1.54, 1.807) is 0 Å². The number of carbonyl (C=O) groups is 2. The molecule has 0 bridgehead atoms. The maximum Gasteiger partial charge on any atom is 0.366 e. The lowest BCUT2D eigenvalue weighted by Gasteiger charge is -2.04. The lowest BCUT2D eigenvalue weighted by atomic mass is 10.2. The molecular weight excluding hydrogens is 298 g/mol. The van der Waals surface area contributed by atoms with Crippen molar-refractivity contribution in [3.8, 4) is 0 Å². The summed E-state index contributed by atoms with van der Waals surface area (Å²) in [7, 11) is 1.23. The molecule has 0 saturated carbocycles. The van der Waals surface area contributed by atoms with Crippen molar-refractivity contribution in [2.75, 3.05) is 7.11 Å². The Labute approximate surface area is 125 Å². The highest BCUT2D eigenvalue weighted by atomic mass is 32.2. The summed E-state index contributed by atoms with van der Waals surface area (Å²) in [5.74, 6) is 0.482. The highest BCUT2D eigenvalue weighted by molar-refractivity contribution is 8.15. The molecule has 0 atom stereocenters. The Balaban J connectivity index is 2.53. The average molecular weight is 313 g/mol. The van der Waals surface area contributed by atoms with Crippen LogP contribution in [0.25, 0.3) is 0 Å². The summed E-state index contributed by atoms with van der Waals surface area (Å²) in [4.78, 5) is 22.1. The van der Waals surface area contributed by atoms with Crippen LogP contribution in [0.4, 0.5) is 0 Å². The third-order valence-electron chi connectivity index (χ3n) is 2.29. The minimum Gasteiger partial charge on any atom is -0.464 e. The second-order valence-corrected chi connectivity index (χ2v) is 5.90. The first-order valence-corrected chi connectivity index (χ1v) is 7.68. The largest absolute Gasteiger partial charge is 0.464 e. The predicted octanol–water partition coefficient (Wildman–Crippen LogP) is 2.66. The van der Waals surface area contributed by atoms with Gasteiger partial charge < -0.3 is 9.94 Å². The van der Waals surface area contributed by atoms with Gasteiger partial charge in [0.15, 0.2) is 5.12 Å². The summed E-state index contributed by atoms with van der Waals surface area (Å²) in [5, 5.41) is 11.6. The van der Waals surface area contributed by atoms with Crippen LogP contribution in [0, 0.1) is 0 Å². The molecule has 1 N–H and O–H groups in total. The van der Waals surface area contributed by atoms with Gasteiger partial charge in [0.05, 0.1) is 7.11 Å². The minimum atomic E-state index is -0.660. The van der Waals surface area contributed by atoms with Crippen LogP contribution in [0.15, 0.2) is 29.4 Å². The van der Waals surface area contributed by atoms with Gasteiger partial charge in [-0.3, -0.25) is 4.79 Å².